The van der Waals surface area contributed by atoms with Crippen molar-refractivity contribution in [2.75, 3.05) is 25.0 Å². The van der Waals surface area contributed by atoms with Crippen molar-refractivity contribution in [2.24, 2.45) is 5.92 Å². The lowest BCUT2D eigenvalue weighted by molar-refractivity contribution is 0.281. The van der Waals surface area contributed by atoms with Gasteiger partial charge >= 0.3 is 0 Å². The molecule has 1 heterocycles. The van der Waals surface area contributed by atoms with Crippen LogP contribution in [-0.4, -0.2) is 31.1 Å². The van der Waals surface area contributed by atoms with Gasteiger partial charge in [0.1, 0.15) is 0 Å². The van der Waals surface area contributed by atoms with Crippen molar-refractivity contribution in [3.05, 3.63) is 67.0 Å². The highest BCUT2D eigenvalue weighted by atomic mass is 15.2. The molecule has 0 aliphatic carbocycles. The Bertz CT molecular complexity index is 641. The maximum atomic E-state index is 4.21. The molecule has 1 N–H and O–H groups in total. The van der Waals surface area contributed by atoms with E-state index in [1.165, 1.54) is 29.7 Å². The second-order valence-corrected chi connectivity index (χ2v) is 7.79. The molecule has 1 aliphatic heterocycles. The Balaban J connectivity index is 2.19. The van der Waals surface area contributed by atoms with E-state index in [0.717, 1.165) is 44.1 Å². The Morgan fingerprint density at radius 1 is 1.33 bits per heavy atom. The largest absolute Gasteiger partial charge is 0.390 e. The molecular formula is C24H37N3. The highest BCUT2D eigenvalue weighted by Gasteiger charge is 2.20. The highest BCUT2D eigenvalue weighted by molar-refractivity contribution is 5.51. The smallest absolute Gasteiger partial charge is 0.0683 e. The summed E-state index contributed by atoms with van der Waals surface area (Å²) in [6, 6.07) is 7.11. The Hall–Kier alpha value is -2.16. The van der Waals surface area contributed by atoms with Crippen molar-refractivity contribution in [2.45, 2.75) is 52.1 Å². The highest BCUT2D eigenvalue weighted by Crippen LogP contribution is 2.27. The zero-order valence-corrected chi connectivity index (χ0v) is 17.5. The molecular weight excluding hydrogens is 330 g/mol. The quantitative estimate of drug-likeness (QED) is 0.570. The number of nitrogens with one attached hydrogen (secondary N) is 1. The first-order valence-corrected chi connectivity index (χ1v) is 10.2. The summed E-state index contributed by atoms with van der Waals surface area (Å²) in [5.41, 5.74) is 5.06. The van der Waals surface area contributed by atoms with Crippen LogP contribution in [0.25, 0.3) is 0 Å². The van der Waals surface area contributed by atoms with Gasteiger partial charge in [-0.3, -0.25) is 0 Å². The van der Waals surface area contributed by atoms with Crippen LogP contribution in [0.15, 0.2) is 55.9 Å². The molecule has 1 fully saturated rings. The second kappa shape index (κ2) is 10.2. The summed E-state index contributed by atoms with van der Waals surface area (Å²) >= 11 is 0. The van der Waals surface area contributed by atoms with Crippen LogP contribution in [0.4, 0.5) is 5.69 Å². The molecule has 1 aromatic rings. The first-order chi connectivity index (χ1) is 13.0. The van der Waals surface area contributed by atoms with E-state index < -0.39 is 0 Å². The molecule has 0 amide bonds. The van der Waals surface area contributed by atoms with Gasteiger partial charge in [0.15, 0.2) is 0 Å². The summed E-state index contributed by atoms with van der Waals surface area (Å²) in [4.78, 5) is 4.83. The molecule has 3 nitrogen and oxygen atoms in total. The lowest BCUT2D eigenvalue weighted by Gasteiger charge is -2.34. The zero-order chi connectivity index (χ0) is 19.8. The summed E-state index contributed by atoms with van der Waals surface area (Å²) in [6.07, 6.45) is 8.44. The van der Waals surface area contributed by atoms with Crippen LogP contribution in [0.3, 0.4) is 0 Å². The molecule has 1 aromatic carbocycles. The average Bonchev–Trinajstić information content (AvgIpc) is 2.69. The fraction of sp³-hybridized carbons (Fsp3) is 0.500. The number of nitrogens with zero attached hydrogens (tertiary/aromatic N) is 2. The second-order valence-electron chi connectivity index (χ2n) is 7.79. The van der Waals surface area contributed by atoms with Crippen molar-refractivity contribution in [1.29, 1.82) is 0 Å². The number of benzene rings is 1. The summed E-state index contributed by atoms with van der Waals surface area (Å²) in [5.74, 6) is 0.848. The Morgan fingerprint density at radius 2 is 2.04 bits per heavy atom. The topological polar surface area (TPSA) is 18.5 Å². The maximum Gasteiger partial charge on any atom is 0.0683 e. The fourth-order valence-corrected chi connectivity index (χ4v) is 3.77. The van der Waals surface area contributed by atoms with E-state index in [2.05, 4.69) is 66.9 Å². The van der Waals surface area contributed by atoms with Gasteiger partial charge in [0, 0.05) is 38.1 Å². The minimum absolute atomic E-state index is 0.212. The van der Waals surface area contributed by atoms with Crippen molar-refractivity contribution in [3.63, 3.8) is 0 Å². The summed E-state index contributed by atoms with van der Waals surface area (Å²) in [7, 11) is 1.94. The third kappa shape index (κ3) is 5.66. The number of anilines is 1. The monoisotopic (exact) mass is 367 g/mol. The van der Waals surface area contributed by atoms with Gasteiger partial charge < -0.3 is 15.1 Å². The van der Waals surface area contributed by atoms with Crippen LogP contribution in [0.1, 0.15) is 43.7 Å². The number of rotatable bonds is 10. The summed E-state index contributed by atoms with van der Waals surface area (Å²) in [6.45, 7) is 19.9. The molecule has 0 radical (unpaired) electrons. The number of likely N-dealkylation sites (N-methyl/N-ethyl adjacent to an activating group) is 1. The van der Waals surface area contributed by atoms with E-state index in [0.29, 0.717) is 0 Å². The molecule has 2 rings (SSSR count). The van der Waals surface area contributed by atoms with E-state index in [1.807, 2.05) is 19.3 Å². The molecule has 3 heteroatoms. The molecule has 1 atom stereocenters. The molecule has 0 aromatic heterocycles. The minimum atomic E-state index is 0.212. The molecule has 1 aliphatic rings. The van der Waals surface area contributed by atoms with Gasteiger partial charge in [-0.25, -0.2) is 0 Å². The summed E-state index contributed by atoms with van der Waals surface area (Å²) in [5, 5.41) is 3.23. The molecule has 27 heavy (non-hydrogen) atoms. The molecule has 1 saturated heterocycles. The third-order valence-electron chi connectivity index (χ3n) is 5.84. The Morgan fingerprint density at radius 3 is 2.63 bits per heavy atom. The van der Waals surface area contributed by atoms with Gasteiger partial charge in [0.2, 0.25) is 0 Å². The first-order valence-electron chi connectivity index (χ1n) is 10.2. The van der Waals surface area contributed by atoms with Crippen LogP contribution in [-0.2, 0) is 6.54 Å². The van der Waals surface area contributed by atoms with Gasteiger partial charge in [-0.05, 0) is 68.0 Å². The van der Waals surface area contributed by atoms with Gasteiger partial charge in [-0.2, -0.15) is 0 Å². The number of hydrogen-bond acceptors (Lipinski definition) is 3. The number of aryl methyl sites for hydroxylation is 1. The van der Waals surface area contributed by atoms with Gasteiger partial charge in [-0.15, -0.1) is 6.58 Å². The SMILES string of the molecule is C=CCCC(C(=C)NC)N(C=C)Cc1cc(N2CCC(C)CC2)ccc1C. The number of piperidine rings is 1. The summed E-state index contributed by atoms with van der Waals surface area (Å²) < 4.78 is 0. The van der Waals surface area contributed by atoms with E-state index in [1.54, 1.807) is 0 Å². The first kappa shape index (κ1) is 21.1. The van der Waals surface area contributed by atoms with Crippen LogP contribution in [0, 0.1) is 12.8 Å². The van der Waals surface area contributed by atoms with E-state index in [9.17, 15) is 0 Å². The van der Waals surface area contributed by atoms with Gasteiger partial charge in [0.25, 0.3) is 0 Å². The van der Waals surface area contributed by atoms with Crippen LogP contribution in [0.5, 0.6) is 0 Å². The number of allylic oxidation sites excluding steroid dienone is 1. The standard InChI is InChI=1S/C24H37N3/c1-7-9-10-24(21(5)25-6)26(8-2)18-22-17-23(12-11-20(22)4)27-15-13-19(3)14-16-27/h7-8,11-12,17,19,24-25H,1-2,5,9-10,13-16,18H2,3-4,6H3. The molecule has 1 unspecified atom stereocenters. The maximum absolute atomic E-state index is 4.21. The third-order valence-corrected chi connectivity index (χ3v) is 5.84. The van der Waals surface area contributed by atoms with Gasteiger partial charge in [-0.1, -0.05) is 32.2 Å². The van der Waals surface area contributed by atoms with Crippen LogP contribution < -0.4 is 10.2 Å². The molecule has 148 valence electrons. The van der Waals surface area contributed by atoms with E-state index in [-0.39, 0.29) is 6.04 Å². The van der Waals surface area contributed by atoms with E-state index in [4.69, 9.17) is 0 Å². The Kier molecular flexibility index (Phi) is 8.02. The normalized spacial score (nSPS) is 15.9. The predicted octanol–water partition coefficient (Wildman–Crippen LogP) is 5.24. The Labute approximate surface area is 166 Å². The molecule has 0 spiro atoms. The predicted molar refractivity (Wildman–Crippen MR) is 119 cm³/mol. The van der Waals surface area contributed by atoms with Crippen molar-refractivity contribution in [3.8, 4) is 0 Å². The van der Waals surface area contributed by atoms with Crippen molar-refractivity contribution >= 4 is 5.69 Å². The van der Waals surface area contributed by atoms with Gasteiger partial charge in [0.05, 0.1) is 6.04 Å². The van der Waals surface area contributed by atoms with Crippen molar-refractivity contribution in [1.82, 2.24) is 10.2 Å². The number of hydrogen-bond donors (Lipinski definition) is 1. The molecule has 0 saturated carbocycles. The van der Waals surface area contributed by atoms with Crippen LogP contribution >= 0.6 is 0 Å². The zero-order valence-electron chi connectivity index (χ0n) is 17.5. The molecule has 0 bridgehead atoms. The lowest BCUT2D eigenvalue weighted by Crippen LogP contribution is -2.36. The minimum Gasteiger partial charge on any atom is -0.390 e. The lowest BCUT2D eigenvalue weighted by atomic mass is 9.98. The van der Waals surface area contributed by atoms with Crippen LogP contribution in [0.2, 0.25) is 0 Å². The average molecular weight is 368 g/mol. The van der Waals surface area contributed by atoms with E-state index >= 15 is 0 Å². The fourth-order valence-electron chi connectivity index (χ4n) is 3.77. The van der Waals surface area contributed by atoms with Crippen molar-refractivity contribution < 1.29 is 0 Å².